The molecule has 1 aliphatic heterocycles. The Kier molecular flexibility index (Phi) is 4.74. The van der Waals surface area contributed by atoms with Crippen LogP contribution in [-0.2, 0) is 0 Å². The Morgan fingerprint density at radius 3 is 2.70 bits per heavy atom. The summed E-state index contributed by atoms with van der Waals surface area (Å²) in [5.74, 6) is -1.16. The zero-order chi connectivity index (χ0) is 14.5. The van der Waals surface area contributed by atoms with Crippen LogP contribution in [0.25, 0.3) is 0 Å². The van der Waals surface area contributed by atoms with E-state index in [9.17, 15) is 9.59 Å². The SMILES string of the molecule is NC1CCCCCN(C(=O)c2cccc(C(=O)O)c2)C1. The molecular weight excluding hydrogens is 256 g/mol. The molecule has 3 N–H and O–H groups in total. The quantitative estimate of drug-likeness (QED) is 0.861. The zero-order valence-corrected chi connectivity index (χ0v) is 11.4. The molecule has 0 saturated carbocycles. The molecule has 1 atom stereocenters. The topological polar surface area (TPSA) is 83.6 Å². The number of carboxylic acids is 1. The van der Waals surface area contributed by atoms with Gasteiger partial charge in [0.2, 0.25) is 0 Å². The van der Waals surface area contributed by atoms with Gasteiger partial charge in [0.05, 0.1) is 5.56 Å². The second-order valence-electron chi connectivity index (χ2n) is 5.25. The van der Waals surface area contributed by atoms with Crippen molar-refractivity contribution in [1.82, 2.24) is 4.90 Å². The molecule has 1 amide bonds. The summed E-state index contributed by atoms with van der Waals surface area (Å²) < 4.78 is 0. The largest absolute Gasteiger partial charge is 0.478 e. The van der Waals surface area contributed by atoms with E-state index in [-0.39, 0.29) is 17.5 Å². The van der Waals surface area contributed by atoms with E-state index in [1.165, 1.54) is 12.1 Å². The molecule has 5 heteroatoms. The summed E-state index contributed by atoms with van der Waals surface area (Å²) in [5, 5.41) is 8.98. The number of nitrogens with two attached hydrogens (primary N) is 1. The van der Waals surface area contributed by atoms with Crippen LogP contribution in [0, 0.1) is 0 Å². The van der Waals surface area contributed by atoms with Crippen molar-refractivity contribution in [3.05, 3.63) is 35.4 Å². The molecule has 2 rings (SSSR count). The highest BCUT2D eigenvalue weighted by Gasteiger charge is 2.20. The average molecular weight is 276 g/mol. The van der Waals surface area contributed by atoms with E-state index < -0.39 is 5.97 Å². The lowest BCUT2D eigenvalue weighted by atomic mass is 10.0. The highest BCUT2D eigenvalue weighted by molar-refractivity contribution is 5.97. The van der Waals surface area contributed by atoms with Crippen LogP contribution < -0.4 is 5.73 Å². The molecule has 108 valence electrons. The van der Waals surface area contributed by atoms with Crippen molar-refractivity contribution in [2.24, 2.45) is 5.73 Å². The molecule has 1 aromatic rings. The predicted octanol–water partition coefficient (Wildman–Crippen LogP) is 1.73. The third-order valence-electron chi connectivity index (χ3n) is 3.60. The number of rotatable bonds is 2. The van der Waals surface area contributed by atoms with Crippen LogP contribution in [0.4, 0.5) is 0 Å². The molecule has 0 bridgehead atoms. The Balaban J connectivity index is 2.16. The summed E-state index contributed by atoms with van der Waals surface area (Å²) in [6.07, 6.45) is 4.08. The molecule has 0 aromatic heterocycles. The number of nitrogens with zero attached hydrogens (tertiary/aromatic N) is 1. The Morgan fingerprint density at radius 1 is 1.20 bits per heavy atom. The summed E-state index contributed by atoms with van der Waals surface area (Å²) in [4.78, 5) is 25.2. The van der Waals surface area contributed by atoms with Crippen molar-refractivity contribution in [1.29, 1.82) is 0 Å². The molecule has 0 aliphatic carbocycles. The van der Waals surface area contributed by atoms with Gasteiger partial charge in [-0.15, -0.1) is 0 Å². The maximum absolute atomic E-state index is 12.5. The van der Waals surface area contributed by atoms with Crippen molar-refractivity contribution in [2.75, 3.05) is 13.1 Å². The molecule has 1 aromatic carbocycles. The third-order valence-corrected chi connectivity index (χ3v) is 3.60. The number of amides is 1. The van der Waals surface area contributed by atoms with Crippen molar-refractivity contribution in [3.8, 4) is 0 Å². The van der Waals surface area contributed by atoms with Gasteiger partial charge >= 0.3 is 5.97 Å². The van der Waals surface area contributed by atoms with Crippen molar-refractivity contribution in [3.63, 3.8) is 0 Å². The van der Waals surface area contributed by atoms with Gasteiger partial charge in [0, 0.05) is 24.7 Å². The van der Waals surface area contributed by atoms with E-state index in [2.05, 4.69) is 0 Å². The molecular formula is C15H20N2O3. The maximum Gasteiger partial charge on any atom is 0.335 e. The van der Waals surface area contributed by atoms with Crippen LogP contribution in [0.3, 0.4) is 0 Å². The average Bonchev–Trinajstić information content (AvgIpc) is 2.42. The number of hydrogen-bond donors (Lipinski definition) is 2. The van der Waals surface area contributed by atoms with Gasteiger partial charge in [-0.25, -0.2) is 4.79 Å². The number of carbonyl (C=O) groups is 2. The summed E-state index contributed by atoms with van der Waals surface area (Å²) >= 11 is 0. The number of benzene rings is 1. The molecule has 1 heterocycles. The van der Waals surface area contributed by atoms with Crippen molar-refractivity contribution >= 4 is 11.9 Å². The van der Waals surface area contributed by atoms with Gasteiger partial charge in [-0.1, -0.05) is 18.9 Å². The summed E-state index contributed by atoms with van der Waals surface area (Å²) in [7, 11) is 0. The van der Waals surface area contributed by atoms with Gasteiger partial charge in [0.15, 0.2) is 0 Å². The minimum absolute atomic E-state index is 0.00177. The molecule has 1 saturated heterocycles. The van der Waals surface area contributed by atoms with E-state index in [1.54, 1.807) is 17.0 Å². The van der Waals surface area contributed by atoms with Crippen LogP contribution in [0.1, 0.15) is 46.4 Å². The summed E-state index contributed by atoms with van der Waals surface area (Å²) in [6.45, 7) is 1.22. The lowest BCUT2D eigenvalue weighted by Crippen LogP contribution is -2.42. The van der Waals surface area contributed by atoms with Crippen molar-refractivity contribution in [2.45, 2.75) is 31.7 Å². The highest BCUT2D eigenvalue weighted by Crippen LogP contribution is 2.14. The van der Waals surface area contributed by atoms with Gasteiger partial charge in [-0.2, -0.15) is 0 Å². The molecule has 0 radical (unpaired) electrons. The van der Waals surface area contributed by atoms with Crippen LogP contribution in [0.2, 0.25) is 0 Å². The van der Waals surface area contributed by atoms with Crippen LogP contribution >= 0.6 is 0 Å². The first kappa shape index (κ1) is 14.5. The van der Waals surface area contributed by atoms with Crippen molar-refractivity contribution < 1.29 is 14.7 Å². The number of carbonyl (C=O) groups excluding carboxylic acids is 1. The fourth-order valence-corrected chi connectivity index (χ4v) is 2.50. The molecule has 0 spiro atoms. The normalized spacial score (nSPS) is 20.1. The predicted molar refractivity (Wildman–Crippen MR) is 75.7 cm³/mol. The summed E-state index contributed by atoms with van der Waals surface area (Å²) in [5.41, 5.74) is 6.55. The Morgan fingerprint density at radius 2 is 1.95 bits per heavy atom. The number of carboxylic acid groups (broad SMARTS) is 1. The van der Waals surface area contributed by atoms with Gasteiger partial charge in [-0.3, -0.25) is 4.79 Å². The van der Waals surface area contributed by atoms with Gasteiger partial charge < -0.3 is 15.7 Å². The first-order valence-corrected chi connectivity index (χ1v) is 6.96. The number of hydrogen-bond acceptors (Lipinski definition) is 3. The molecule has 1 unspecified atom stereocenters. The lowest BCUT2D eigenvalue weighted by Gasteiger charge is -2.28. The monoisotopic (exact) mass is 276 g/mol. The first-order chi connectivity index (χ1) is 9.58. The summed E-state index contributed by atoms with van der Waals surface area (Å²) in [6, 6.07) is 6.16. The van der Waals surface area contributed by atoms with E-state index >= 15 is 0 Å². The fraction of sp³-hybridized carbons (Fsp3) is 0.467. The van der Waals surface area contributed by atoms with Gasteiger partial charge in [0.25, 0.3) is 5.91 Å². The Bertz CT molecular complexity index is 502. The van der Waals surface area contributed by atoms with E-state index in [4.69, 9.17) is 10.8 Å². The minimum atomic E-state index is -1.02. The molecule has 5 nitrogen and oxygen atoms in total. The minimum Gasteiger partial charge on any atom is -0.478 e. The van der Waals surface area contributed by atoms with Gasteiger partial charge in [0.1, 0.15) is 0 Å². The first-order valence-electron chi connectivity index (χ1n) is 6.96. The molecule has 20 heavy (non-hydrogen) atoms. The molecule has 1 fully saturated rings. The fourth-order valence-electron chi connectivity index (χ4n) is 2.50. The van der Waals surface area contributed by atoms with E-state index in [1.807, 2.05) is 0 Å². The third kappa shape index (κ3) is 3.57. The Hall–Kier alpha value is -1.88. The lowest BCUT2D eigenvalue weighted by molar-refractivity contribution is 0.0697. The second kappa shape index (κ2) is 6.52. The standard InChI is InChI=1S/C15H20N2O3/c16-13-7-2-1-3-8-17(10-13)14(18)11-5-4-6-12(9-11)15(19)20/h4-6,9,13H,1-3,7-8,10,16H2,(H,19,20). The van der Waals surface area contributed by atoms with Gasteiger partial charge in [-0.05, 0) is 31.0 Å². The smallest absolute Gasteiger partial charge is 0.335 e. The zero-order valence-electron chi connectivity index (χ0n) is 11.4. The number of aromatic carboxylic acids is 1. The Labute approximate surface area is 118 Å². The van der Waals surface area contributed by atoms with Crippen LogP contribution in [-0.4, -0.2) is 41.0 Å². The van der Waals surface area contributed by atoms with Crippen LogP contribution in [0.5, 0.6) is 0 Å². The highest BCUT2D eigenvalue weighted by atomic mass is 16.4. The van der Waals surface area contributed by atoms with E-state index in [0.717, 1.165) is 25.7 Å². The molecule has 1 aliphatic rings. The van der Waals surface area contributed by atoms with E-state index in [0.29, 0.717) is 18.7 Å². The van der Waals surface area contributed by atoms with Crippen LogP contribution in [0.15, 0.2) is 24.3 Å². The number of likely N-dealkylation sites (tertiary alicyclic amines) is 1. The maximum atomic E-state index is 12.5. The second-order valence-corrected chi connectivity index (χ2v) is 5.25.